The van der Waals surface area contributed by atoms with Crippen molar-refractivity contribution in [2.75, 3.05) is 25.6 Å². The monoisotopic (exact) mass is 337 g/mol. The molecule has 3 aromatic rings. The van der Waals surface area contributed by atoms with E-state index in [0.717, 1.165) is 23.3 Å². The van der Waals surface area contributed by atoms with Gasteiger partial charge in [0.2, 0.25) is 5.91 Å². The van der Waals surface area contributed by atoms with Crippen molar-refractivity contribution >= 4 is 17.2 Å². The minimum Gasteiger partial charge on any atom is -0.495 e. The Kier molecular flexibility index (Phi) is 4.11. The van der Waals surface area contributed by atoms with Crippen LogP contribution in [-0.4, -0.2) is 35.6 Å². The number of anilines is 1. The number of hydrogen-bond donors (Lipinski definition) is 1. The molecule has 6 nitrogen and oxygen atoms in total. The molecule has 0 bridgehead atoms. The summed E-state index contributed by atoms with van der Waals surface area (Å²) in [5.74, 6) is 0.478. The minimum absolute atomic E-state index is 0.0389. The number of carbonyl (C=O) groups is 1. The Labute approximate surface area is 145 Å². The van der Waals surface area contributed by atoms with Crippen LogP contribution in [0.3, 0.4) is 0 Å². The molecule has 1 aliphatic rings. The van der Waals surface area contributed by atoms with Gasteiger partial charge in [-0.25, -0.2) is 4.98 Å². The average Bonchev–Trinajstić information content (AvgIpc) is 3.31. The zero-order valence-corrected chi connectivity index (χ0v) is 13.9. The van der Waals surface area contributed by atoms with Crippen molar-refractivity contribution < 1.29 is 14.3 Å². The highest BCUT2D eigenvalue weighted by Gasteiger charge is 2.24. The van der Waals surface area contributed by atoms with Crippen LogP contribution in [-0.2, 0) is 9.53 Å². The Morgan fingerprint density at radius 1 is 1.36 bits per heavy atom. The van der Waals surface area contributed by atoms with Crippen LogP contribution in [0.5, 0.6) is 5.75 Å². The Morgan fingerprint density at radius 2 is 2.28 bits per heavy atom. The summed E-state index contributed by atoms with van der Waals surface area (Å²) in [6, 6.07) is 11.6. The van der Waals surface area contributed by atoms with Gasteiger partial charge in [0, 0.05) is 24.6 Å². The molecule has 1 amide bonds. The van der Waals surface area contributed by atoms with Crippen molar-refractivity contribution in [1.29, 1.82) is 0 Å². The van der Waals surface area contributed by atoms with E-state index in [1.165, 1.54) is 0 Å². The van der Waals surface area contributed by atoms with Gasteiger partial charge >= 0.3 is 0 Å². The molecule has 4 rings (SSSR count). The van der Waals surface area contributed by atoms with Gasteiger partial charge in [0.15, 0.2) is 0 Å². The summed E-state index contributed by atoms with van der Waals surface area (Å²) in [6.45, 7) is 1.11. The highest BCUT2D eigenvalue weighted by molar-refractivity contribution is 5.95. The largest absolute Gasteiger partial charge is 0.495 e. The average molecular weight is 337 g/mol. The Hall–Kier alpha value is -2.86. The summed E-state index contributed by atoms with van der Waals surface area (Å²) in [5, 5.41) is 2.97. The third-order valence-electron chi connectivity index (χ3n) is 4.42. The predicted molar refractivity (Wildman–Crippen MR) is 94.7 cm³/mol. The molecule has 0 saturated carbocycles. The van der Waals surface area contributed by atoms with E-state index in [1.54, 1.807) is 7.11 Å². The molecule has 1 N–H and O–H groups in total. The fourth-order valence-electron chi connectivity index (χ4n) is 3.01. The summed E-state index contributed by atoms with van der Waals surface area (Å²) in [4.78, 5) is 17.0. The van der Waals surface area contributed by atoms with Gasteiger partial charge in [-0.2, -0.15) is 0 Å². The first kappa shape index (κ1) is 15.7. The number of methoxy groups -OCH3 is 1. The van der Waals surface area contributed by atoms with Crippen LogP contribution in [0.25, 0.3) is 16.9 Å². The maximum atomic E-state index is 12.4. The first-order valence-electron chi connectivity index (χ1n) is 8.25. The van der Waals surface area contributed by atoms with Crippen molar-refractivity contribution in [1.82, 2.24) is 9.38 Å². The van der Waals surface area contributed by atoms with Crippen molar-refractivity contribution in [2.24, 2.45) is 5.92 Å². The summed E-state index contributed by atoms with van der Waals surface area (Å²) >= 11 is 0. The molecular weight excluding hydrogens is 318 g/mol. The molecule has 3 heterocycles. The number of pyridine rings is 1. The van der Waals surface area contributed by atoms with E-state index in [4.69, 9.17) is 9.47 Å². The van der Waals surface area contributed by atoms with E-state index in [9.17, 15) is 4.79 Å². The molecular formula is C19H19N3O3. The van der Waals surface area contributed by atoms with Gasteiger partial charge in [-0.15, -0.1) is 0 Å². The molecule has 1 unspecified atom stereocenters. The molecule has 2 aromatic heterocycles. The van der Waals surface area contributed by atoms with Gasteiger partial charge in [0.05, 0.1) is 31.0 Å². The molecule has 6 heteroatoms. The molecule has 128 valence electrons. The zero-order valence-electron chi connectivity index (χ0n) is 13.9. The highest BCUT2D eigenvalue weighted by atomic mass is 16.5. The summed E-state index contributed by atoms with van der Waals surface area (Å²) in [6.07, 6.45) is 4.67. The molecule has 1 atom stereocenters. The molecule has 1 aromatic carbocycles. The third kappa shape index (κ3) is 3.08. The molecule has 0 aliphatic carbocycles. The van der Waals surface area contributed by atoms with Gasteiger partial charge in [0.25, 0.3) is 0 Å². The van der Waals surface area contributed by atoms with Gasteiger partial charge in [0.1, 0.15) is 11.4 Å². The van der Waals surface area contributed by atoms with Gasteiger partial charge in [-0.1, -0.05) is 6.07 Å². The second-order valence-corrected chi connectivity index (χ2v) is 6.06. The molecule has 0 radical (unpaired) electrons. The van der Waals surface area contributed by atoms with E-state index in [0.29, 0.717) is 24.7 Å². The first-order valence-corrected chi connectivity index (χ1v) is 8.25. The summed E-state index contributed by atoms with van der Waals surface area (Å²) in [7, 11) is 1.59. The molecule has 1 aliphatic heterocycles. The van der Waals surface area contributed by atoms with E-state index >= 15 is 0 Å². The number of imidazole rings is 1. The van der Waals surface area contributed by atoms with E-state index in [-0.39, 0.29) is 11.8 Å². The number of carbonyl (C=O) groups excluding carboxylic acids is 1. The van der Waals surface area contributed by atoms with Crippen LogP contribution in [0, 0.1) is 5.92 Å². The number of hydrogen-bond acceptors (Lipinski definition) is 4. The highest BCUT2D eigenvalue weighted by Crippen LogP contribution is 2.31. The van der Waals surface area contributed by atoms with Gasteiger partial charge in [-0.3, -0.25) is 4.79 Å². The normalized spacial score (nSPS) is 16.9. The maximum Gasteiger partial charge on any atom is 0.230 e. The fourth-order valence-corrected chi connectivity index (χ4v) is 3.01. The standard InChI is InChI=1S/C19H19N3O3/c1-24-17-6-5-13(16-11-22-8-3-2-4-18(22)20-16)10-15(17)21-19(23)14-7-9-25-12-14/h2-6,8,10-11,14H,7,9,12H2,1H3,(H,21,23). The quantitative estimate of drug-likeness (QED) is 0.795. The van der Waals surface area contributed by atoms with E-state index in [2.05, 4.69) is 10.3 Å². The van der Waals surface area contributed by atoms with Gasteiger partial charge < -0.3 is 19.2 Å². The number of rotatable bonds is 4. The number of nitrogens with one attached hydrogen (secondary N) is 1. The van der Waals surface area contributed by atoms with Crippen LogP contribution in [0.4, 0.5) is 5.69 Å². The van der Waals surface area contributed by atoms with Crippen molar-refractivity contribution in [3.8, 4) is 17.0 Å². The Balaban J connectivity index is 1.66. The Morgan fingerprint density at radius 3 is 3.04 bits per heavy atom. The number of nitrogens with zero attached hydrogens (tertiary/aromatic N) is 2. The zero-order chi connectivity index (χ0) is 17.2. The van der Waals surface area contributed by atoms with Crippen LogP contribution in [0.2, 0.25) is 0 Å². The molecule has 1 fully saturated rings. The number of amides is 1. The van der Waals surface area contributed by atoms with E-state index in [1.807, 2.05) is 53.2 Å². The van der Waals surface area contributed by atoms with Gasteiger partial charge in [-0.05, 0) is 36.8 Å². The number of benzene rings is 1. The van der Waals surface area contributed by atoms with Crippen LogP contribution < -0.4 is 10.1 Å². The lowest BCUT2D eigenvalue weighted by molar-refractivity contribution is -0.119. The molecule has 25 heavy (non-hydrogen) atoms. The van der Waals surface area contributed by atoms with Crippen LogP contribution >= 0.6 is 0 Å². The third-order valence-corrected chi connectivity index (χ3v) is 4.42. The van der Waals surface area contributed by atoms with Crippen molar-refractivity contribution in [2.45, 2.75) is 6.42 Å². The van der Waals surface area contributed by atoms with E-state index < -0.39 is 0 Å². The van der Waals surface area contributed by atoms with Crippen LogP contribution in [0.1, 0.15) is 6.42 Å². The number of fused-ring (bicyclic) bond motifs is 1. The number of ether oxygens (including phenoxy) is 2. The maximum absolute atomic E-state index is 12.4. The SMILES string of the molecule is COc1ccc(-c2cn3ccccc3n2)cc1NC(=O)C1CCOC1. The smallest absolute Gasteiger partial charge is 0.230 e. The fraction of sp³-hybridized carbons (Fsp3) is 0.263. The summed E-state index contributed by atoms with van der Waals surface area (Å²) < 4.78 is 12.6. The predicted octanol–water partition coefficient (Wildman–Crippen LogP) is 2.98. The van der Waals surface area contributed by atoms with Crippen molar-refractivity contribution in [3.63, 3.8) is 0 Å². The first-order chi connectivity index (χ1) is 12.2. The second kappa shape index (κ2) is 6.57. The summed E-state index contributed by atoms with van der Waals surface area (Å²) in [5.41, 5.74) is 3.28. The lowest BCUT2D eigenvalue weighted by Crippen LogP contribution is -2.23. The topological polar surface area (TPSA) is 64.9 Å². The van der Waals surface area contributed by atoms with Crippen molar-refractivity contribution in [3.05, 3.63) is 48.8 Å². The molecule has 0 spiro atoms. The number of aromatic nitrogens is 2. The minimum atomic E-state index is -0.108. The molecule has 1 saturated heterocycles. The lowest BCUT2D eigenvalue weighted by Gasteiger charge is -2.13. The van der Waals surface area contributed by atoms with Crippen LogP contribution in [0.15, 0.2) is 48.8 Å². The Bertz CT molecular complexity index is 880. The lowest BCUT2D eigenvalue weighted by atomic mass is 10.1. The second-order valence-electron chi connectivity index (χ2n) is 6.06.